The van der Waals surface area contributed by atoms with E-state index in [0.29, 0.717) is 12.5 Å². The maximum atomic E-state index is 12.1. The van der Waals surface area contributed by atoms with E-state index in [1.54, 1.807) is 0 Å². The summed E-state index contributed by atoms with van der Waals surface area (Å²) in [6, 6.07) is 0. The number of hydrogen-bond donors (Lipinski definition) is 0. The molecule has 0 amide bonds. The van der Waals surface area contributed by atoms with Crippen LogP contribution in [-0.2, 0) is 9.53 Å². The molecule has 0 aliphatic rings. The minimum atomic E-state index is -0.265. The summed E-state index contributed by atoms with van der Waals surface area (Å²) in [6.07, 6.45) is 45.0. The second kappa shape index (κ2) is 37.9. The molecule has 0 saturated heterocycles. The third-order valence-electron chi connectivity index (χ3n) is 12.3. The lowest BCUT2D eigenvalue weighted by Crippen LogP contribution is -3.00. The van der Waals surface area contributed by atoms with Gasteiger partial charge in [0, 0.05) is 12.0 Å². The zero-order chi connectivity index (χ0) is 37.0. The number of esters is 1. The largest absolute Gasteiger partial charge is 1.00 e. The van der Waals surface area contributed by atoms with Crippen molar-refractivity contribution >= 4 is 5.97 Å². The van der Waals surface area contributed by atoms with Gasteiger partial charge in [0.05, 0.1) is 31.8 Å². The molecule has 0 aromatic carbocycles. The van der Waals surface area contributed by atoms with Gasteiger partial charge in [-0.25, -0.2) is 4.79 Å². The molecule has 4 heteroatoms. The van der Waals surface area contributed by atoms with Gasteiger partial charge in [-0.2, -0.15) is 0 Å². The van der Waals surface area contributed by atoms with Crippen LogP contribution in [0, 0.1) is 5.92 Å². The first-order valence-electron chi connectivity index (χ1n) is 23.0. The zero-order valence-corrected chi connectivity index (χ0v) is 37.5. The molecule has 51 heavy (non-hydrogen) atoms. The van der Waals surface area contributed by atoms with Gasteiger partial charge >= 0.3 is 5.97 Å². The van der Waals surface area contributed by atoms with Gasteiger partial charge in [0.1, 0.15) is 0 Å². The highest BCUT2D eigenvalue weighted by Crippen LogP contribution is 2.39. The van der Waals surface area contributed by atoms with Gasteiger partial charge < -0.3 is 26.2 Å². The Morgan fingerprint density at radius 2 is 0.804 bits per heavy atom. The Morgan fingerprint density at radius 3 is 1.12 bits per heavy atom. The van der Waals surface area contributed by atoms with Crippen molar-refractivity contribution in [1.29, 1.82) is 0 Å². The van der Waals surface area contributed by atoms with Crippen LogP contribution in [0.4, 0.5) is 0 Å². The standard InChI is InChI=1S/C47H94NO2.BrH/c1-8-13-17-21-25-28-32-36-41-48(42-37-33-29-26-22-18-14-9-2,43-38-34-30-27-23-19-15-10-3)47(6,7)45(40-44-50-46(49)12-5)39-35-31-24-20-16-11-4;/h12,45H,5,8-11,13-44H2,1-4,6-7H3;1H/q+1;/p-1. The molecule has 306 valence electrons. The molecule has 0 heterocycles. The molecule has 0 radical (unpaired) electrons. The maximum absolute atomic E-state index is 12.1. The Morgan fingerprint density at radius 1 is 0.510 bits per heavy atom. The Kier molecular flexibility index (Phi) is 39.2. The van der Waals surface area contributed by atoms with E-state index in [0.717, 1.165) is 6.42 Å². The summed E-state index contributed by atoms with van der Waals surface area (Å²) in [7, 11) is 0. The zero-order valence-electron chi connectivity index (χ0n) is 36.0. The lowest BCUT2D eigenvalue weighted by Gasteiger charge is -2.54. The molecule has 0 saturated carbocycles. The molecule has 0 spiro atoms. The maximum Gasteiger partial charge on any atom is 0.330 e. The molecular weight excluding hydrogens is 690 g/mol. The third kappa shape index (κ3) is 27.8. The summed E-state index contributed by atoms with van der Waals surface area (Å²) in [5.41, 5.74) is 0.160. The van der Waals surface area contributed by atoms with Crippen LogP contribution < -0.4 is 17.0 Å². The van der Waals surface area contributed by atoms with Crippen molar-refractivity contribution in [1.82, 2.24) is 0 Å². The second-order valence-corrected chi connectivity index (χ2v) is 16.8. The number of rotatable bonds is 40. The fraction of sp³-hybridized carbons (Fsp3) is 0.936. The van der Waals surface area contributed by atoms with Gasteiger partial charge in [0.25, 0.3) is 0 Å². The van der Waals surface area contributed by atoms with E-state index in [1.807, 2.05) is 0 Å². The average Bonchev–Trinajstić information content (AvgIpc) is 3.11. The number of carbonyl (C=O) groups excluding carboxylic acids is 1. The van der Waals surface area contributed by atoms with Crippen molar-refractivity contribution in [2.75, 3.05) is 26.2 Å². The van der Waals surface area contributed by atoms with Crippen LogP contribution >= 0.6 is 0 Å². The molecule has 0 rings (SSSR count). The van der Waals surface area contributed by atoms with Gasteiger partial charge in [-0.1, -0.05) is 188 Å². The summed E-state index contributed by atoms with van der Waals surface area (Å²) in [5, 5.41) is 0. The summed E-state index contributed by atoms with van der Waals surface area (Å²) in [5.74, 6) is 0.294. The van der Waals surface area contributed by atoms with Crippen LogP contribution in [0.3, 0.4) is 0 Å². The topological polar surface area (TPSA) is 26.3 Å². The van der Waals surface area contributed by atoms with E-state index in [2.05, 4.69) is 48.1 Å². The van der Waals surface area contributed by atoms with Crippen molar-refractivity contribution in [3.8, 4) is 0 Å². The fourth-order valence-corrected chi connectivity index (χ4v) is 8.61. The first-order valence-corrected chi connectivity index (χ1v) is 23.0. The van der Waals surface area contributed by atoms with Crippen molar-refractivity contribution in [3.63, 3.8) is 0 Å². The highest BCUT2D eigenvalue weighted by atomic mass is 79.9. The summed E-state index contributed by atoms with van der Waals surface area (Å²) < 4.78 is 6.97. The van der Waals surface area contributed by atoms with Crippen LogP contribution in [0.25, 0.3) is 0 Å². The molecule has 0 aromatic heterocycles. The van der Waals surface area contributed by atoms with Crippen molar-refractivity contribution in [3.05, 3.63) is 12.7 Å². The molecule has 1 unspecified atom stereocenters. The number of halogens is 1. The number of hydrogen-bond acceptors (Lipinski definition) is 2. The molecule has 0 bridgehead atoms. The number of unbranched alkanes of at least 4 members (excludes halogenated alkanes) is 26. The van der Waals surface area contributed by atoms with Crippen molar-refractivity contribution in [2.24, 2.45) is 5.92 Å². The molecule has 0 fully saturated rings. The van der Waals surface area contributed by atoms with Crippen LogP contribution in [0.5, 0.6) is 0 Å². The summed E-state index contributed by atoms with van der Waals surface area (Å²) in [4.78, 5) is 12.1. The first-order chi connectivity index (χ1) is 24.3. The van der Waals surface area contributed by atoms with Gasteiger partial charge in [-0.15, -0.1) is 0 Å². The molecule has 1 atom stereocenters. The molecular formula is C47H94BrNO2. The first kappa shape index (κ1) is 52.8. The van der Waals surface area contributed by atoms with E-state index in [-0.39, 0.29) is 28.5 Å². The normalized spacial score (nSPS) is 12.5. The van der Waals surface area contributed by atoms with Crippen LogP contribution in [0.2, 0.25) is 0 Å². The van der Waals surface area contributed by atoms with Crippen molar-refractivity contribution in [2.45, 2.75) is 253 Å². The number of ether oxygens (including phenoxy) is 1. The van der Waals surface area contributed by atoms with Crippen LogP contribution in [0.1, 0.15) is 247 Å². The SMILES string of the molecule is C=CC(=O)OCCC(CCCCCCCC)C(C)(C)[N+](CCCCCCCCCC)(CCCCCCCCCC)CCCCCCCCCC.[Br-]. The van der Waals surface area contributed by atoms with Gasteiger partial charge in [0.2, 0.25) is 0 Å². The quantitative estimate of drug-likeness (QED) is 0.0268. The Balaban J connectivity index is 0. The Labute approximate surface area is 333 Å². The minimum Gasteiger partial charge on any atom is -1.00 e. The number of nitrogens with zero attached hydrogens (tertiary/aromatic N) is 1. The number of quaternary nitrogens is 1. The fourth-order valence-electron chi connectivity index (χ4n) is 8.61. The van der Waals surface area contributed by atoms with Gasteiger partial charge in [0.15, 0.2) is 0 Å². The number of carbonyl (C=O) groups is 1. The predicted molar refractivity (Wildman–Crippen MR) is 224 cm³/mol. The highest BCUT2D eigenvalue weighted by molar-refractivity contribution is 5.81. The third-order valence-corrected chi connectivity index (χ3v) is 12.3. The lowest BCUT2D eigenvalue weighted by molar-refractivity contribution is -0.977. The smallest absolute Gasteiger partial charge is 0.330 e. The van der Waals surface area contributed by atoms with E-state index in [4.69, 9.17) is 4.74 Å². The Hall–Kier alpha value is -0.350. The molecule has 0 aliphatic heterocycles. The monoisotopic (exact) mass is 784 g/mol. The van der Waals surface area contributed by atoms with Crippen LogP contribution in [0.15, 0.2) is 12.7 Å². The summed E-state index contributed by atoms with van der Waals surface area (Å²) in [6.45, 7) is 22.7. The van der Waals surface area contributed by atoms with E-state index in [9.17, 15) is 4.79 Å². The van der Waals surface area contributed by atoms with E-state index in [1.165, 1.54) is 229 Å². The van der Waals surface area contributed by atoms with Crippen molar-refractivity contribution < 1.29 is 31.0 Å². The molecule has 0 aliphatic carbocycles. The van der Waals surface area contributed by atoms with Gasteiger partial charge in [-0.05, 0) is 65.2 Å². The molecule has 0 aromatic rings. The average molecular weight is 785 g/mol. The highest BCUT2D eigenvalue weighted by Gasteiger charge is 2.47. The van der Waals surface area contributed by atoms with Crippen LogP contribution in [-0.4, -0.2) is 42.2 Å². The summed E-state index contributed by atoms with van der Waals surface area (Å²) >= 11 is 0. The van der Waals surface area contributed by atoms with E-state index < -0.39 is 0 Å². The minimum absolute atomic E-state index is 0. The predicted octanol–water partition coefficient (Wildman–Crippen LogP) is 12.5. The lowest BCUT2D eigenvalue weighted by atomic mass is 9.77. The Bertz CT molecular complexity index is 687. The second-order valence-electron chi connectivity index (χ2n) is 16.8. The van der Waals surface area contributed by atoms with E-state index >= 15 is 0 Å². The molecule has 0 N–H and O–H groups in total. The van der Waals surface area contributed by atoms with Gasteiger partial charge in [-0.3, -0.25) is 0 Å². The molecule has 3 nitrogen and oxygen atoms in total.